The summed E-state index contributed by atoms with van der Waals surface area (Å²) in [6.07, 6.45) is 4.05. The maximum absolute atomic E-state index is 13.4. The van der Waals surface area contributed by atoms with E-state index in [1.54, 1.807) is 16.7 Å². The second-order valence-electron chi connectivity index (χ2n) is 8.20. The van der Waals surface area contributed by atoms with Crippen molar-refractivity contribution in [2.45, 2.75) is 37.8 Å². The summed E-state index contributed by atoms with van der Waals surface area (Å²) in [4.78, 5) is 32.2. The number of para-hydroxylation sites is 2. The molecule has 0 atom stereocenters. The van der Waals surface area contributed by atoms with Gasteiger partial charge in [0.05, 0.1) is 27.9 Å². The molecule has 2 aromatic heterocycles. The van der Waals surface area contributed by atoms with E-state index in [4.69, 9.17) is 4.98 Å². The average molecular weight is 487 g/mol. The molecule has 1 aliphatic carbocycles. The van der Waals surface area contributed by atoms with E-state index in [9.17, 15) is 14.9 Å². The van der Waals surface area contributed by atoms with Gasteiger partial charge in [0, 0.05) is 4.88 Å². The van der Waals surface area contributed by atoms with Gasteiger partial charge in [-0.1, -0.05) is 42.1 Å². The summed E-state index contributed by atoms with van der Waals surface area (Å²) >= 11 is 2.73. The van der Waals surface area contributed by atoms with Crippen LogP contribution in [0.2, 0.25) is 0 Å². The first-order valence-corrected chi connectivity index (χ1v) is 12.9. The molecule has 0 unspecified atom stereocenters. The number of fused-ring (bicyclic) bond motifs is 2. The zero-order valence-electron chi connectivity index (χ0n) is 18.6. The van der Waals surface area contributed by atoms with Crippen molar-refractivity contribution in [1.29, 1.82) is 5.26 Å². The van der Waals surface area contributed by atoms with Crippen molar-refractivity contribution in [3.05, 3.63) is 80.5 Å². The van der Waals surface area contributed by atoms with E-state index in [-0.39, 0.29) is 17.2 Å². The second kappa shape index (κ2) is 9.45. The first-order chi connectivity index (χ1) is 16.6. The van der Waals surface area contributed by atoms with Crippen LogP contribution in [0.5, 0.6) is 0 Å². The zero-order valence-corrected chi connectivity index (χ0v) is 20.3. The molecule has 1 amide bonds. The Morgan fingerprint density at radius 1 is 1.18 bits per heavy atom. The van der Waals surface area contributed by atoms with Crippen molar-refractivity contribution in [3.63, 3.8) is 0 Å². The van der Waals surface area contributed by atoms with Crippen molar-refractivity contribution >= 4 is 44.9 Å². The first kappa shape index (κ1) is 22.4. The first-order valence-electron chi connectivity index (χ1n) is 11.1. The normalized spacial score (nSPS) is 12.8. The van der Waals surface area contributed by atoms with Gasteiger partial charge in [-0.15, -0.1) is 11.3 Å². The van der Waals surface area contributed by atoms with E-state index in [0.29, 0.717) is 26.6 Å². The largest absolute Gasteiger partial charge is 0.316 e. The molecule has 0 fully saturated rings. The zero-order chi connectivity index (χ0) is 23.7. The number of nitriles is 1. The molecule has 6 nitrogen and oxygen atoms in total. The molecule has 0 bridgehead atoms. The third-order valence-electron chi connectivity index (χ3n) is 5.97. The van der Waals surface area contributed by atoms with E-state index in [1.165, 1.54) is 28.0 Å². The Bertz CT molecular complexity index is 1510. The number of amides is 1. The maximum atomic E-state index is 13.4. The highest BCUT2D eigenvalue weighted by molar-refractivity contribution is 7.99. The summed E-state index contributed by atoms with van der Waals surface area (Å²) in [6.45, 7) is 1.94. The molecule has 34 heavy (non-hydrogen) atoms. The number of aryl methyl sites for hydroxylation is 2. The highest BCUT2D eigenvalue weighted by Crippen LogP contribution is 2.37. The number of nitrogens with zero attached hydrogens (tertiary/aromatic N) is 3. The van der Waals surface area contributed by atoms with Crippen LogP contribution in [0.25, 0.3) is 16.6 Å². The Morgan fingerprint density at radius 3 is 2.76 bits per heavy atom. The van der Waals surface area contributed by atoms with Crippen molar-refractivity contribution in [1.82, 2.24) is 9.55 Å². The van der Waals surface area contributed by atoms with Gasteiger partial charge in [-0.05, 0) is 61.9 Å². The molecule has 170 valence electrons. The van der Waals surface area contributed by atoms with Gasteiger partial charge in [-0.25, -0.2) is 4.98 Å². The van der Waals surface area contributed by atoms with Crippen LogP contribution < -0.4 is 10.9 Å². The standard InChI is InChI=1S/C26H22N4O2S2/c1-16-8-2-6-12-21(16)30-25(32)18-10-3-5-11-20(18)28-26(30)33-15-23(31)29-24-19(14-27)17-9-4-7-13-22(17)34-24/h2-3,5-6,8,10-12H,4,7,9,13,15H2,1H3,(H,29,31). The summed E-state index contributed by atoms with van der Waals surface area (Å²) in [7, 11) is 0. The van der Waals surface area contributed by atoms with Gasteiger partial charge in [0.2, 0.25) is 5.91 Å². The number of nitrogens with one attached hydrogen (secondary N) is 1. The van der Waals surface area contributed by atoms with E-state index >= 15 is 0 Å². The van der Waals surface area contributed by atoms with Gasteiger partial charge in [0.25, 0.3) is 5.56 Å². The van der Waals surface area contributed by atoms with Crippen LogP contribution in [0.15, 0.2) is 58.5 Å². The fraction of sp³-hybridized carbons (Fsp3) is 0.231. The van der Waals surface area contributed by atoms with Crippen LogP contribution in [-0.2, 0) is 17.6 Å². The summed E-state index contributed by atoms with van der Waals surface area (Å²) in [5.41, 5.74) is 3.80. The lowest BCUT2D eigenvalue weighted by molar-refractivity contribution is -0.113. The predicted octanol–water partition coefficient (Wildman–Crippen LogP) is 5.24. The van der Waals surface area contributed by atoms with Gasteiger partial charge in [0.15, 0.2) is 5.16 Å². The van der Waals surface area contributed by atoms with Crippen molar-refractivity contribution in [2.24, 2.45) is 0 Å². The van der Waals surface area contributed by atoms with Crippen molar-refractivity contribution in [2.75, 3.05) is 11.1 Å². The Labute approximate surface area is 205 Å². The molecular formula is C26H22N4O2S2. The molecule has 0 saturated heterocycles. The van der Waals surface area contributed by atoms with Crippen LogP contribution >= 0.6 is 23.1 Å². The van der Waals surface area contributed by atoms with Crippen molar-refractivity contribution in [3.8, 4) is 11.8 Å². The molecule has 2 aromatic carbocycles. The minimum atomic E-state index is -0.223. The predicted molar refractivity (Wildman–Crippen MR) is 137 cm³/mol. The number of benzene rings is 2. The minimum Gasteiger partial charge on any atom is -0.316 e. The lowest BCUT2D eigenvalue weighted by Gasteiger charge is -2.15. The third kappa shape index (κ3) is 4.13. The average Bonchev–Trinajstić information content (AvgIpc) is 3.20. The van der Waals surface area contributed by atoms with Crippen LogP contribution in [0, 0.1) is 18.3 Å². The van der Waals surface area contributed by atoms with Crippen LogP contribution in [0.4, 0.5) is 5.00 Å². The molecule has 4 aromatic rings. The summed E-state index contributed by atoms with van der Waals surface area (Å²) in [6, 6.07) is 17.1. The maximum Gasteiger partial charge on any atom is 0.266 e. The summed E-state index contributed by atoms with van der Waals surface area (Å²) < 4.78 is 1.58. The topological polar surface area (TPSA) is 87.8 Å². The number of carbonyl (C=O) groups excluding carboxylic acids is 1. The number of rotatable bonds is 5. The molecule has 1 N–H and O–H groups in total. The quantitative estimate of drug-likeness (QED) is 0.308. The molecule has 0 aliphatic heterocycles. The van der Waals surface area contributed by atoms with Crippen LogP contribution in [0.1, 0.15) is 34.4 Å². The van der Waals surface area contributed by atoms with E-state index < -0.39 is 0 Å². The Hall–Kier alpha value is -3.41. The number of thiophene rings is 1. The Balaban J connectivity index is 1.46. The number of anilines is 1. The molecule has 2 heterocycles. The molecule has 0 radical (unpaired) electrons. The van der Waals surface area contributed by atoms with E-state index in [2.05, 4.69) is 11.4 Å². The number of hydrogen-bond acceptors (Lipinski definition) is 6. The molecular weight excluding hydrogens is 464 g/mol. The van der Waals surface area contributed by atoms with Gasteiger partial charge in [-0.2, -0.15) is 5.26 Å². The summed E-state index contributed by atoms with van der Waals surface area (Å²) in [5, 5.41) is 14.2. The number of hydrogen-bond donors (Lipinski definition) is 1. The van der Waals surface area contributed by atoms with E-state index in [0.717, 1.165) is 42.5 Å². The fourth-order valence-corrected chi connectivity index (χ4v) is 6.36. The Morgan fingerprint density at radius 2 is 1.94 bits per heavy atom. The van der Waals surface area contributed by atoms with Crippen molar-refractivity contribution < 1.29 is 4.79 Å². The smallest absolute Gasteiger partial charge is 0.266 e. The van der Waals surface area contributed by atoms with Gasteiger partial charge >= 0.3 is 0 Å². The van der Waals surface area contributed by atoms with Crippen LogP contribution in [-0.4, -0.2) is 21.2 Å². The number of thioether (sulfide) groups is 1. The third-order valence-corrected chi connectivity index (χ3v) is 8.12. The second-order valence-corrected chi connectivity index (χ2v) is 10.2. The molecule has 1 aliphatic rings. The fourth-order valence-electron chi connectivity index (χ4n) is 4.30. The highest BCUT2D eigenvalue weighted by atomic mass is 32.2. The summed E-state index contributed by atoms with van der Waals surface area (Å²) in [5.74, 6) is -0.150. The number of carbonyl (C=O) groups is 1. The molecule has 8 heteroatoms. The lowest BCUT2D eigenvalue weighted by atomic mass is 9.96. The number of aromatic nitrogens is 2. The molecule has 5 rings (SSSR count). The van der Waals surface area contributed by atoms with Gasteiger partial charge < -0.3 is 5.32 Å². The van der Waals surface area contributed by atoms with Crippen LogP contribution in [0.3, 0.4) is 0 Å². The molecule has 0 saturated carbocycles. The van der Waals surface area contributed by atoms with E-state index in [1.807, 2.05) is 43.3 Å². The monoisotopic (exact) mass is 486 g/mol. The lowest BCUT2D eigenvalue weighted by Crippen LogP contribution is -2.23. The highest BCUT2D eigenvalue weighted by Gasteiger charge is 2.22. The minimum absolute atomic E-state index is 0.0735. The molecule has 0 spiro atoms. The van der Waals surface area contributed by atoms with Gasteiger partial charge in [0.1, 0.15) is 11.1 Å². The SMILES string of the molecule is Cc1ccccc1-n1c(SCC(=O)Nc2sc3c(c2C#N)CCCC3)nc2ccccc2c1=O. The Kier molecular flexibility index (Phi) is 6.22. The van der Waals surface area contributed by atoms with Gasteiger partial charge in [-0.3, -0.25) is 14.2 Å².